The van der Waals surface area contributed by atoms with Crippen LogP contribution < -0.4 is 4.74 Å². The monoisotopic (exact) mass is 337 g/mol. The Bertz CT molecular complexity index is 702. The summed E-state index contributed by atoms with van der Waals surface area (Å²) in [6, 6.07) is 7.62. The molecule has 134 valence electrons. The molecule has 2 nitrogen and oxygen atoms in total. The maximum absolute atomic E-state index is 5.60. The van der Waals surface area contributed by atoms with Crippen LogP contribution in [-0.4, -0.2) is 24.6 Å². The van der Waals surface area contributed by atoms with Gasteiger partial charge in [-0.2, -0.15) is 0 Å². The summed E-state index contributed by atoms with van der Waals surface area (Å²) >= 11 is 0. The number of benzene rings is 1. The highest BCUT2D eigenvalue weighted by atomic mass is 16.5. The van der Waals surface area contributed by atoms with Gasteiger partial charge in [0.05, 0.1) is 7.11 Å². The van der Waals surface area contributed by atoms with E-state index < -0.39 is 0 Å². The molecule has 0 radical (unpaired) electrons. The molecule has 3 aliphatic carbocycles. The van der Waals surface area contributed by atoms with E-state index in [2.05, 4.69) is 36.2 Å². The van der Waals surface area contributed by atoms with Gasteiger partial charge in [0.25, 0.3) is 0 Å². The van der Waals surface area contributed by atoms with E-state index in [1.165, 1.54) is 57.9 Å². The first-order chi connectivity index (χ1) is 12.2. The SMILES string of the molecule is COc1ccc2c(c1)C13CCCC(C)[C@H]1C(C2)N(C=C1CCC1)CC3. The van der Waals surface area contributed by atoms with Gasteiger partial charge in [0.2, 0.25) is 0 Å². The van der Waals surface area contributed by atoms with Crippen LogP contribution in [0.15, 0.2) is 30.0 Å². The third-order valence-electron chi connectivity index (χ3n) is 7.82. The van der Waals surface area contributed by atoms with Crippen LogP contribution in [0.4, 0.5) is 0 Å². The van der Waals surface area contributed by atoms with E-state index in [0.29, 0.717) is 11.5 Å². The summed E-state index contributed by atoms with van der Waals surface area (Å²) in [6.45, 7) is 3.77. The van der Waals surface area contributed by atoms with Crippen molar-refractivity contribution < 1.29 is 4.74 Å². The molecular formula is C23H31NO. The Balaban J connectivity index is 1.61. The first-order valence-corrected chi connectivity index (χ1v) is 10.3. The molecule has 4 atom stereocenters. The molecule has 2 saturated carbocycles. The minimum Gasteiger partial charge on any atom is -0.497 e. The summed E-state index contributed by atoms with van der Waals surface area (Å²) in [5.41, 5.74) is 5.32. The molecule has 0 aromatic heterocycles. The van der Waals surface area contributed by atoms with Gasteiger partial charge < -0.3 is 9.64 Å². The standard InChI is InChI=1S/C23H31NO/c1-16-5-4-10-23-11-12-24(15-17-6-3-7-17)21(22(16)23)13-18-8-9-19(25-2)14-20(18)23/h8-9,14-16,21-22H,3-7,10-13H2,1-2H3/t16?,21?,22-,23?/m0/s1. The quantitative estimate of drug-likeness (QED) is 0.747. The third-order valence-corrected chi connectivity index (χ3v) is 7.82. The Morgan fingerprint density at radius 3 is 2.84 bits per heavy atom. The molecule has 1 aromatic carbocycles. The number of nitrogens with zero attached hydrogens (tertiary/aromatic N) is 1. The van der Waals surface area contributed by atoms with E-state index >= 15 is 0 Å². The predicted octanol–water partition coefficient (Wildman–Crippen LogP) is 5.07. The minimum atomic E-state index is 0.402. The highest BCUT2D eigenvalue weighted by Crippen LogP contribution is 2.58. The Kier molecular flexibility index (Phi) is 3.66. The van der Waals surface area contributed by atoms with Crippen LogP contribution >= 0.6 is 0 Å². The molecule has 2 bridgehead atoms. The third kappa shape index (κ3) is 2.29. The average Bonchev–Trinajstić information content (AvgIpc) is 2.59. The van der Waals surface area contributed by atoms with Crippen molar-refractivity contribution in [2.45, 2.75) is 69.7 Å². The maximum Gasteiger partial charge on any atom is 0.119 e. The van der Waals surface area contributed by atoms with Crippen LogP contribution in [0.25, 0.3) is 0 Å². The number of methoxy groups -OCH3 is 1. The average molecular weight is 338 g/mol. The van der Waals surface area contributed by atoms with Crippen LogP contribution in [0.5, 0.6) is 5.75 Å². The topological polar surface area (TPSA) is 12.5 Å². The minimum absolute atomic E-state index is 0.402. The number of hydrogen-bond acceptors (Lipinski definition) is 2. The second-order valence-corrected chi connectivity index (χ2v) is 8.97. The summed E-state index contributed by atoms with van der Waals surface area (Å²) in [5, 5.41) is 0. The van der Waals surface area contributed by atoms with E-state index in [0.717, 1.165) is 17.6 Å². The van der Waals surface area contributed by atoms with Gasteiger partial charge in [0, 0.05) is 18.0 Å². The Morgan fingerprint density at radius 2 is 2.08 bits per heavy atom. The van der Waals surface area contributed by atoms with Gasteiger partial charge in [-0.1, -0.05) is 31.4 Å². The van der Waals surface area contributed by atoms with E-state index in [-0.39, 0.29) is 0 Å². The highest BCUT2D eigenvalue weighted by Gasteiger charge is 2.55. The zero-order chi connectivity index (χ0) is 17.0. The normalized spacial score (nSPS) is 36.2. The lowest BCUT2D eigenvalue weighted by Gasteiger charge is -2.61. The van der Waals surface area contributed by atoms with Gasteiger partial charge in [-0.3, -0.25) is 0 Å². The Morgan fingerprint density at radius 1 is 1.20 bits per heavy atom. The molecule has 0 spiro atoms. The first-order valence-electron chi connectivity index (χ1n) is 10.3. The van der Waals surface area contributed by atoms with Crippen molar-refractivity contribution in [2.24, 2.45) is 11.8 Å². The number of rotatable bonds is 2. The van der Waals surface area contributed by atoms with E-state index in [4.69, 9.17) is 4.74 Å². The Labute approximate surface area is 152 Å². The van der Waals surface area contributed by atoms with Gasteiger partial charge in [0.1, 0.15) is 5.75 Å². The first kappa shape index (κ1) is 15.8. The highest BCUT2D eigenvalue weighted by molar-refractivity contribution is 5.46. The number of hydrogen-bond donors (Lipinski definition) is 0. The molecule has 1 aliphatic heterocycles. The number of ether oxygens (including phenoxy) is 1. The van der Waals surface area contributed by atoms with Crippen LogP contribution in [-0.2, 0) is 11.8 Å². The lowest BCUT2D eigenvalue weighted by molar-refractivity contribution is -0.0188. The molecule has 25 heavy (non-hydrogen) atoms. The smallest absolute Gasteiger partial charge is 0.119 e. The van der Waals surface area contributed by atoms with Crippen LogP contribution in [0.2, 0.25) is 0 Å². The van der Waals surface area contributed by atoms with Crippen molar-refractivity contribution in [3.63, 3.8) is 0 Å². The van der Waals surface area contributed by atoms with Gasteiger partial charge in [0.15, 0.2) is 0 Å². The summed E-state index contributed by atoms with van der Waals surface area (Å²) in [6.07, 6.45) is 13.4. The second kappa shape index (κ2) is 5.79. The molecule has 0 amide bonds. The molecule has 3 fully saturated rings. The van der Waals surface area contributed by atoms with Crippen LogP contribution in [0.1, 0.15) is 63.0 Å². The maximum atomic E-state index is 5.60. The number of likely N-dealkylation sites (tertiary alicyclic amines) is 1. The fourth-order valence-corrected chi connectivity index (χ4v) is 6.52. The predicted molar refractivity (Wildman–Crippen MR) is 102 cm³/mol. The molecule has 5 rings (SSSR count). The van der Waals surface area contributed by atoms with Crippen LogP contribution in [0.3, 0.4) is 0 Å². The number of fused-ring (bicyclic) bond motifs is 1. The van der Waals surface area contributed by atoms with Gasteiger partial charge in [-0.05, 0) is 79.8 Å². The lowest BCUT2D eigenvalue weighted by Crippen LogP contribution is -2.61. The zero-order valence-corrected chi connectivity index (χ0v) is 15.8. The van der Waals surface area contributed by atoms with Crippen molar-refractivity contribution in [3.05, 3.63) is 41.1 Å². The largest absolute Gasteiger partial charge is 0.497 e. The van der Waals surface area contributed by atoms with E-state index in [1.54, 1.807) is 23.8 Å². The molecule has 2 heteroatoms. The van der Waals surface area contributed by atoms with Gasteiger partial charge in [-0.15, -0.1) is 0 Å². The summed E-state index contributed by atoms with van der Waals surface area (Å²) in [4.78, 5) is 2.76. The van der Waals surface area contributed by atoms with Crippen LogP contribution in [0, 0.1) is 11.8 Å². The fraction of sp³-hybridized carbons (Fsp3) is 0.652. The lowest BCUT2D eigenvalue weighted by atomic mass is 9.50. The Hall–Kier alpha value is -1.44. The molecule has 0 N–H and O–H groups in total. The molecule has 1 aromatic rings. The zero-order valence-electron chi connectivity index (χ0n) is 15.8. The van der Waals surface area contributed by atoms with E-state index in [9.17, 15) is 0 Å². The summed E-state index contributed by atoms with van der Waals surface area (Å²) in [5.74, 6) is 2.69. The molecular weight excluding hydrogens is 306 g/mol. The van der Waals surface area contributed by atoms with Crippen molar-refractivity contribution in [1.29, 1.82) is 0 Å². The van der Waals surface area contributed by atoms with Gasteiger partial charge >= 0.3 is 0 Å². The fourth-order valence-electron chi connectivity index (χ4n) is 6.52. The van der Waals surface area contributed by atoms with Crippen molar-refractivity contribution >= 4 is 0 Å². The summed E-state index contributed by atoms with van der Waals surface area (Å²) in [7, 11) is 1.80. The molecule has 1 saturated heterocycles. The molecule has 4 aliphatic rings. The van der Waals surface area contributed by atoms with E-state index in [1.807, 2.05) is 0 Å². The summed E-state index contributed by atoms with van der Waals surface area (Å²) < 4.78 is 5.60. The van der Waals surface area contributed by atoms with Gasteiger partial charge in [-0.25, -0.2) is 0 Å². The molecule has 3 unspecified atom stereocenters. The molecule has 1 heterocycles. The number of piperidine rings is 1. The number of allylic oxidation sites excluding steroid dienone is 1. The van der Waals surface area contributed by atoms with Crippen molar-refractivity contribution in [3.8, 4) is 5.75 Å². The second-order valence-electron chi connectivity index (χ2n) is 8.97. The van der Waals surface area contributed by atoms with Crippen molar-refractivity contribution in [1.82, 2.24) is 4.90 Å². The van der Waals surface area contributed by atoms with Crippen molar-refractivity contribution in [2.75, 3.05) is 13.7 Å².